The van der Waals surface area contributed by atoms with Crippen molar-refractivity contribution in [2.75, 3.05) is 5.32 Å². The average Bonchev–Trinajstić information content (AvgIpc) is 3.13. The van der Waals surface area contributed by atoms with Gasteiger partial charge in [0, 0.05) is 47.5 Å². The first-order chi connectivity index (χ1) is 11.1. The highest BCUT2D eigenvalue weighted by Crippen LogP contribution is 2.35. The Bertz CT molecular complexity index is 896. The number of rotatable bonds is 2. The van der Waals surface area contributed by atoms with E-state index in [0.29, 0.717) is 22.3 Å². The zero-order valence-corrected chi connectivity index (χ0v) is 13.3. The van der Waals surface area contributed by atoms with Crippen molar-refractivity contribution in [1.82, 2.24) is 14.5 Å². The van der Waals surface area contributed by atoms with Crippen LogP contribution in [0.15, 0.2) is 42.9 Å². The lowest BCUT2D eigenvalue weighted by atomic mass is 10.0. The van der Waals surface area contributed by atoms with Crippen LogP contribution >= 0.6 is 11.6 Å². The molecule has 5 nitrogen and oxygen atoms in total. The molecule has 0 unspecified atom stereocenters. The summed E-state index contributed by atoms with van der Waals surface area (Å²) in [5.74, 6) is 0.658. The summed E-state index contributed by atoms with van der Waals surface area (Å²) in [7, 11) is 0. The fourth-order valence-electron chi connectivity index (χ4n) is 3.08. The van der Waals surface area contributed by atoms with Gasteiger partial charge in [0.05, 0.1) is 11.1 Å². The second-order valence-electron chi connectivity index (χ2n) is 5.73. The number of H-pyrrole nitrogens is 1. The van der Waals surface area contributed by atoms with Gasteiger partial charge in [-0.2, -0.15) is 0 Å². The smallest absolute Gasteiger partial charge is 0.257 e. The topological polar surface area (TPSA) is 62.7 Å². The number of amides is 1. The molecule has 3 heterocycles. The van der Waals surface area contributed by atoms with Crippen molar-refractivity contribution in [2.24, 2.45) is 0 Å². The van der Waals surface area contributed by atoms with Crippen LogP contribution in [0.4, 0.5) is 5.69 Å². The SMILES string of the molecule is C[C@@H]1Cc2[nH]cc(C(=O)Nc3cccc(Cl)c3)c2-c2nccn21. The number of aromatic nitrogens is 3. The Labute approximate surface area is 138 Å². The Balaban J connectivity index is 1.71. The summed E-state index contributed by atoms with van der Waals surface area (Å²) < 4.78 is 2.10. The minimum absolute atomic E-state index is 0.172. The number of hydrogen-bond donors (Lipinski definition) is 2. The maximum absolute atomic E-state index is 12.7. The molecule has 1 aromatic carbocycles. The average molecular weight is 327 g/mol. The van der Waals surface area contributed by atoms with E-state index in [2.05, 4.69) is 26.8 Å². The van der Waals surface area contributed by atoms with Gasteiger partial charge in [-0.1, -0.05) is 17.7 Å². The van der Waals surface area contributed by atoms with Crippen molar-refractivity contribution < 1.29 is 4.79 Å². The van der Waals surface area contributed by atoms with Gasteiger partial charge in [-0.3, -0.25) is 4.79 Å². The van der Waals surface area contributed by atoms with Crippen molar-refractivity contribution in [2.45, 2.75) is 19.4 Å². The normalized spacial score (nSPS) is 15.8. The van der Waals surface area contributed by atoms with E-state index in [1.807, 2.05) is 12.3 Å². The third-order valence-electron chi connectivity index (χ3n) is 4.16. The number of aromatic amines is 1. The highest BCUT2D eigenvalue weighted by Gasteiger charge is 2.28. The first-order valence-corrected chi connectivity index (χ1v) is 7.81. The molecule has 1 amide bonds. The lowest BCUT2D eigenvalue weighted by molar-refractivity contribution is 0.102. The third kappa shape index (κ3) is 2.33. The van der Waals surface area contributed by atoms with E-state index < -0.39 is 0 Å². The largest absolute Gasteiger partial charge is 0.364 e. The van der Waals surface area contributed by atoms with Crippen LogP contribution in [0.1, 0.15) is 29.0 Å². The van der Waals surface area contributed by atoms with Crippen LogP contribution in [0.3, 0.4) is 0 Å². The molecule has 116 valence electrons. The second-order valence-corrected chi connectivity index (χ2v) is 6.17. The van der Waals surface area contributed by atoms with Crippen LogP contribution in [0.25, 0.3) is 11.4 Å². The van der Waals surface area contributed by atoms with Crippen LogP contribution in [-0.4, -0.2) is 20.4 Å². The summed E-state index contributed by atoms with van der Waals surface area (Å²) in [6.45, 7) is 2.14. The van der Waals surface area contributed by atoms with Crippen LogP contribution < -0.4 is 5.32 Å². The molecule has 1 atom stereocenters. The number of carbonyl (C=O) groups excluding carboxylic acids is 1. The van der Waals surface area contributed by atoms with Gasteiger partial charge in [0.15, 0.2) is 0 Å². The van der Waals surface area contributed by atoms with E-state index in [1.165, 1.54) is 0 Å². The molecule has 0 saturated carbocycles. The second kappa shape index (κ2) is 5.28. The van der Waals surface area contributed by atoms with Crippen LogP contribution in [0, 0.1) is 0 Å². The summed E-state index contributed by atoms with van der Waals surface area (Å²) in [4.78, 5) is 20.3. The molecular weight excluding hydrogens is 312 g/mol. The predicted octanol–water partition coefficient (Wildman–Crippen LogP) is 3.90. The van der Waals surface area contributed by atoms with Gasteiger partial charge in [-0.15, -0.1) is 0 Å². The molecule has 0 aliphatic carbocycles. The Morgan fingerprint density at radius 3 is 3.17 bits per heavy atom. The maximum atomic E-state index is 12.7. The number of carbonyl (C=O) groups is 1. The maximum Gasteiger partial charge on any atom is 0.257 e. The number of benzene rings is 1. The van der Waals surface area contributed by atoms with Gasteiger partial charge in [0.25, 0.3) is 5.91 Å². The lowest BCUT2D eigenvalue weighted by Gasteiger charge is -2.22. The van der Waals surface area contributed by atoms with Gasteiger partial charge in [-0.05, 0) is 25.1 Å². The van der Waals surface area contributed by atoms with E-state index in [0.717, 1.165) is 23.5 Å². The Morgan fingerprint density at radius 1 is 1.48 bits per heavy atom. The molecule has 3 aromatic rings. The first-order valence-electron chi connectivity index (χ1n) is 7.44. The quantitative estimate of drug-likeness (QED) is 0.750. The van der Waals surface area contributed by atoms with Crippen molar-refractivity contribution in [1.29, 1.82) is 0 Å². The predicted molar refractivity (Wildman–Crippen MR) is 89.8 cm³/mol. The molecule has 0 bridgehead atoms. The molecule has 0 fully saturated rings. The Kier molecular flexibility index (Phi) is 3.23. The van der Waals surface area contributed by atoms with Crippen molar-refractivity contribution >= 4 is 23.2 Å². The van der Waals surface area contributed by atoms with E-state index >= 15 is 0 Å². The van der Waals surface area contributed by atoms with Crippen molar-refractivity contribution in [3.05, 3.63) is 59.1 Å². The fourth-order valence-corrected chi connectivity index (χ4v) is 3.27. The van der Waals surface area contributed by atoms with E-state index in [4.69, 9.17) is 11.6 Å². The molecule has 0 radical (unpaired) electrons. The van der Waals surface area contributed by atoms with Crippen molar-refractivity contribution in [3.63, 3.8) is 0 Å². The standard InChI is InChI=1S/C17H15ClN4O/c1-10-7-14-15(16-19-5-6-22(10)16)13(9-20-14)17(23)21-12-4-2-3-11(18)8-12/h2-6,8-10,20H,7H2,1H3,(H,21,23)/t10-/m1/s1. The third-order valence-corrected chi connectivity index (χ3v) is 4.39. The minimum Gasteiger partial charge on any atom is -0.364 e. The molecular formula is C17H15ClN4O. The number of halogens is 1. The highest BCUT2D eigenvalue weighted by molar-refractivity contribution is 6.31. The number of imidazole rings is 1. The zero-order chi connectivity index (χ0) is 16.0. The Morgan fingerprint density at radius 2 is 2.35 bits per heavy atom. The Hall–Kier alpha value is -2.53. The summed E-state index contributed by atoms with van der Waals surface area (Å²) in [5, 5.41) is 3.48. The number of nitrogens with one attached hydrogen (secondary N) is 2. The molecule has 1 aliphatic heterocycles. The number of fused-ring (bicyclic) bond motifs is 3. The summed E-state index contributed by atoms with van der Waals surface area (Å²) in [6.07, 6.45) is 6.33. The highest BCUT2D eigenvalue weighted by atomic mass is 35.5. The van der Waals surface area contributed by atoms with Gasteiger partial charge in [-0.25, -0.2) is 4.98 Å². The zero-order valence-electron chi connectivity index (χ0n) is 12.5. The molecule has 6 heteroatoms. The van der Waals surface area contributed by atoms with E-state index in [-0.39, 0.29) is 5.91 Å². The monoisotopic (exact) mass is 326 g/mol. The van der Waals surface area contributed by atoms with Crippen LogP contribution in [0.2, 0.25) is 5.02 Å². The molecule has 2 N–H and O–H groups in total. The van der Waals surface area contributed by atoms with Gasteiger partial charge < -0.3 is 14.9 Å². The summed E-state index contributed by atoms with van der Waals surface area (Å²) >= 11 is 5.97. The van der Waals surface area contributed by atoms with E-state index in [9.17, 15) is 4.79 Å². The summed E-state index contributed by atoms with van der Waals surface area (Å²) in [5.41, 5.74) is 3.20. The lowest BCUT2D eigenvalue weighted by Crippen LogP contribution is -2.18. The number of nitrogens with zero attached hydrogens (tertiary/aromatic N) is 2. The molecule has 1 aliphatic rings. The van der Waals surface area contributed by atoms with Crippen molar-refractivity contribution in [3.8, 4) is 11.4 Å². The molecule has 23 heavy (non-hydrogen) atoms. The van der Waals surface area contributed by atoms with Gasteiger partial charge >= 0.3 is 0 Å². The first kappa shape index (κ1) is 14.1. The minimum atomic E-state index is -0.172. The summed E-state index contributed by atoms with van der Waals surface area (Å²) in [6, 6.07) is 7.43. The number of hydrogen-bond acceptors (Lipinski definition) is 2. The van der Waals surface area contributed by atoms with Crippen LogP contribution in [-0.2, 0) is 6.42 Å². The number of anilines is 1. The van der Waals surface area contributed by atoms with Gasteiger partial charge in [0.1, 0.15) is 5.82 Å². The van der Waals surface area contributed by atoms with Gasteiger partial charge in [0.2, 0.25) is 0 Å². The van der Waals surface area contributed by atoms with Crippen LogP contribution in [0.5, 0.6) is 0 Å². The molecule has 2 aromatic heterocycles. The molecule has 0 spiro atoms. The molecule has 0 saturated heterocycles. The molecule has 4 rings (SSSR count). The van der Waals surface area contributed by atoms with E-state index in [1.54, 1.807) is 30.6 Å². The fraction of sp³-hybridized carbons (Fsp3) is 0.176.